The molecule has 1 N–H and O–H groups in total. The molecule has 174 valence electrons. The molecule has 2 saturated carbocycles. The van der Waals surface area contributed by atoms with Gasteiger partial charge >= 0.3 is 0 Å². The van der Waals surface area contributed by atoms with Gasteiger partial charge in [0.2, 0.25) is 0 Å². The molecule has 0 aromatic heterocycles. The van der Waals surface area contributed by atoms with Crippen molar-refractivity contribution < 1.29 is 14.6 Å². The molecule has 2 fully saturated rings. The van der Waals surface area contributed by atoms with Gasteiger partial charge in [0.1, 0.15) is 5.75 Å². The van der Waals surface area contributed by atoms with Gasteiger partial charge in [0, 0.05) is 11.1 Å². The Hall–Kier alpha value is -2.39. The van der Waals surface area contributed by atoms with E-state index in [4.69, 9.17) is 4.74 Å². The lowest BCUT2D eigenvalue weighted by atomic mass is 9.55. The third kappa shape index (κ3) is 3.75. The van der Waals surface area contributed by atoms with Gasteiger partial charge in [-0.25, -0.2) is 0 Å². The van der Waals surface area contributed by atoms with E-state index in [0.717, 1.165) is 60.1 Å². The van der Waals surface area contributed by atoms with E-state index in [0.29, 0.717) is 17.8 Å². The number of methoxy groups -OCH3 is 1. The fourth-order valence-electron chi connectivity index (χ4n) is 7.24. The Kier molecular flexibility index (Phi) is 5.73. The topological polar surface area (TPSA) is 46.5 Å². The van der Waals surface area contributed by atoms with Crippen molar-refractivity contribution in [3.05, 3.63) is 69.8 Å². The van der Waals surface area contributed by atoms with E-state index in [1.165, 1.54) is 17.5 Å². The first kappa shape index (κ1) is 22.4. The summed E-state index contributed by atoms with van der Waals surface area (Å²) in [6, 6.07) is 10.4. The van der Waals surface area contributed by atoms with Crippen LogP contribution in [0.5, 0.6) is 5.75 Å². The number of ketones is 1. The number of hydrogen-bond donors (Lipinski definition) is 1. The quantitative estimate of drug-likeness (QED) is 0.437. The van der Waals surface area contributed by atoms with E-state index < -0.39 is 0 Å². The number of aliphatic hydroxyl groups excluding tert-OH is 1. The number of fused-ring (bicyclic) bond motifs is 5. The Bertz CT molecular complexity index is 1110. The van der Waals surface area contributed by atoms with Gasteiger partial charge in [0.25, 0.3) is 0 Å². The van der Waals surface area contributed by atoms with Crippen LogP contribution in [0.3, 0.4) is 0 Å². The number of hydrogen-bond acceptors (Lipinski definition) is 3. The van der Waals surface area contributed by atoms with Gasteiger partial charge < -0.3 is 9.84 Å². The molecule has 3 heteroatoms. The molecular weight excluding hydrogens is 408 g/mol. The summed E-state index contributed by atoms with van der Waals surface area (Å²) in [4.78, 5) is 12.9. The van der Waals surface area contributed by atoms with E-state index in [2.05, 4.69) is 25.1 Å². The maximum atomic E-state index is 12.9. The molecule has 0 amide bonds. The number of carbonyl (C=O) groups excluding carboxylic acids is 1. The summed E-state index contributed by atoms with van der Waals surface area (Å²) in [5.74, 6) is 2.68. The molecule has 3 aliphatic carbocycles. The van der Waals surface area contributed by atoms with Crippen LogP contribution in [0.1, 0.15) is 83.1 Å². The van der Waals surface area contributed by atoms with Crippen molar-refractivity contribution in [1.29, 1.82) is 0 Å². The number of benzene rings is 2. The predicted molar refractivity (Wildman–Crippen MR) is 133 cm³/mol. The SMILES string of the molecule is COc1cc2c(cc1/C=C/C(=O)c1ccc(C)cc1C)[C@H]1CC[C@]3(C)[C@@H](O)CC[C@H]3[C@@H]1CC2. The lowest BCUT2D eigenvalue weighted by Crippen LogP contribution is -2.43. The first-order valence-electron chi connectivity index (χ1n) is 12.5. The molecule has 0 bridgehead atoms. The molecule has 33 heavy (non-hydrogen) atoms. The molecule has 0 spiro atoms. The first-order valence-corrected chi connectivity index (χ1v) is 12.5. The largest absolute Gasteiger partial charge is 0.496 e. The van der Waals surface area contributed by atoms with Crippen molar-refractivity contribution in [3.63, 3.8) is 0 Å². The van der Waals surface area contributed by atoms with Crippen molar-refractivity contribution >= 4 is 11.9 Å². The highest BCUT2D eigenvalue weighted by atomic mass is 16.5. The smallest absolute Gasteiger partial charge is 0.186 e. The number of ether oxygens (including phenoxy) is 1. The second-order valence-electron chi connectivity index (χ2n) is 10.9. The van der Waals surface area contributed by atoms with Crippen LogP contribution in [0, 0.1) is 31.1 Å². The van der Waals surface area contributed by atoms with Gasteiger partial charge in [-0.05, 0) is 117 Å². The van der Waals surface area contributed by atoms with Crippen molar-refractivity contribution in [3.8, 4) is 5.75 Å². The lowest BCUT2D eigenvalue weighted by molar-refractivity contribution is -0.0226. The second-order valence-corrected chi connectivity index (χ2v) is 10.9. The Morgan fingerprint density at radius 1 is 1.12 bits per heavy atom. The molecule has 5 atom stereocenters. The number of aliphatic hydroxyl groups is 1. The van der Waals surface area contributed by atoms with Crippen molar-refractivity contribution in [2.24, 2.45) is 17.3 Å². The molecule has 3 nitrogen and oxygen atoms in total. The van der Waals surface area contributed by atoms with Crippen LogP contribution >= 0.6 is 0 Å². The standard InChI is InChI=1S/C30H36O3/c1-18-5-8-22(19(2)15-18)27(31)11-7-21-16-25-20(17-28(21)33-4)6-9-24-23(25)13-14-30(3)26(24)10-12-29(30)32/h5,7-8,11,15-17,23-24,26,29,32H,6,9-10,12-14H2,1-4H3/b11-7+/t23-,24+,26-,29-,30-/m0/s1. The first-order chi connectivity index (χ1) is 15.8. The lowest BCUT2D eigenvalue weighted by Gasteiger charge is -2.50. The molecule has 0 heterocycles. The van der Waals surface area contributed by atoms with Crippen LogP contribution in [0.25, 0.3) is 6.08 Å². The molecule has 0 unspecified atom stereocenters. The third-order valence-electron chi connectivity index (χ3n) is 9.09. The fourth-order valence-corrected chi connectivity index (χ4v) is 7.24. The highest BCUT2D eigenvalue weighted by Crippen LogP contribution is 2.61. The Balaban J connectivity index is 1.46. The molecule has 2 aromatic carbocycles. The summed E-state index contributed by atoms with van der Waals surface area (Å²) in [7, 11) is 1.71. The van der Waals surface area contributed by atoms with Crippen LogP contribution in [0.2, 0.25) is 0 Å². The minimum atomic E-state index is -0.143. The zero-order chi connectivity index (χ0) is 23.3. The van der Waals surface area contributed by atoms with Gasteiger partial charge in [-0.1, -0.05) is 30.7 Å². The molecule has 0 radical (unpaired) electrons. The van der Waals surface area contributed by atoms with E-state index in [1.54, 1.807) is 13.2 Å². The second kappa shape index (κ2) is 8.43. The minimum Gasteiger partial charge on any atom is -0.496 e. The van der Waals surface area contributed by atoms with Crippen LogP contribution < -0.4 is 4.74 Å². The molecular formula is C30H36O3. The van der Waals surface area contributed by atoms with Gasteiger partial charge in [0.15, 0.2) is 5.78 Å². The molecule has 5 rings (SSSR count). The summed E-state index contributed by atoms with van der Waals surface area (Å²) < 4.78 is 5.73. The Morgan fingerprint density at radius 3 is 2.70 bits per heavy atom. The number of carbonyl (C=O) groups is 1. The molecule has 3 aliphatic rings. The summed E-state index contributed by atoms with van der Waals surface area (Å²) in [5.41, 5.74) is 6.83. The van der Waals surface area contributed by atoms with E-state index in [-0.39, 0.29) is 17.3 Å². The zero-order valence-corrected chi connectivity index (χ0v) is 20.4. The van der Waals surface area contributed by atoms with Gasteiger partial charge in [-0.2, -0.15) is 0 Å². The number of aryl methyl sites for hydroxylation is 3. The Morgan fingerprint density at radius 2 is 1.94 bits per heavy atom. The van der Waals surface area contributed by atoms with E-state index >= 15 is 0 Å². The van der Waals surface area contributed by atoms with E-state index in [9.17, 15) is 9.90 Å². The Labute approximate surface area is 197 Å². The summed E-state index contributed by atoms with van der Waals surface area (Å²) in [5, 5.41) is 10.7. The average molecular weight is 445 g/mol. The van der Waals surface area contributed by atoms with Gasteiger partial charge in [-0.15, -0.1) is 0 Å². The highest BCUT2D eigenvalue weighted by Gasteiger charge is 2.54. The van der Waals surface area contributed by atoms with Crippen LogP contribution in [-0.2, 0) is 6.42 Å². The van der Waals surface area contributed by atoms with Gasteiger partial charge in [0.05, 0.1) is 13.2 Å². The summed E-state index contributed by atoms with van der Waals surface area (Å²) >= 11 is 0. The van der Waals surface area contributed by atoms with Gasteiger partial charge in [-0.3, -0.25) is 4.79 Å². The monoisotopic (exact) mass is 444 g/mol. The molecule has 0 saturated heterocycles. The third-order valence-corrected chi connectivity index (χ3v) is 9.09. The number of rotatable bonds is 4. The summed E-state index contributed by atoms with van der Waals surface area (Å²) in [6.07, 6.45) is 10.1. The maximum Gasteiger partial charge on any atom is 0.186 e. The molecule has 2 aromatic rings. The number of allylic oxidation sites excluding steroid dienone is 1. The van der Waals surface area contributed by atoms with E-state index in [1.807, 2.05) is 32.1 Å². The maximum absolute atomic E-state index is 12.9. The van der Waals surface area contributed by atoms with Crippen molar-refractivity contribution in [1.82, 2.24) is 0 Å². The average Bonchev–Trinajstić information content (AvgIpc) is 3.11. The van der Waals surface area contributed by atoms with Crippen LogP contribution in [0.4, 0.5) is 0 Å². The fraction of sp³-hybridized carbons (Fsp3) is 0.500. The minimum absolute atomic E-state index is 0.0264. The predicted octanol–water partition coefficient (Wildman–Crippen LogP) is 6.43. The summed E-state index contributed by atoms with van der Waals surface area (Å²) in [6.45, 7) is 6.36. The molecule has 0 aliphatic heterocycles. The zero-order valence-electron chi connectivity index (χ0n) is 20.4. The normalized spacial score (nSPS) is 30.6. The van der Waals surface area contributed by atoms with Crippen LogP contribution in [-0.4, -0.2) is 24.1 Å². The highest BCUT2D eigenvalue weighted by molar-refractivity contribution is 6.07. The van der Waals surface area contributed by atoms with Crippen molar-refractivity contribution in [2.75, 3.05) is 7.11 Å². The van der Waals surface area contributed by atoms with Crippen LogP contribution in [0.15, 0.2) is 36.4 Å². The van der Waals surface area contributed by atoms with Crippen molar-refractivity contribution in [2.45, 2.75) is 71.3 Å².